The molecule has 3 fully saturated rings. The van der Waals surface area contributed by atoms with Crippen LogP contribution in [-0.2, 0) is 9.59 Å². The molecule has 126 valence electrons. The Morgan fingerprint density at radius 2 is 1.32 bits per heavy atom. The van der Waals surface area contributed by atoms with Gasteiger partial charge in [0, 0.05) is 38.6 Å². The predicted octanol–water partition coefficient (Wildman–Crippen LogP) is 1.27. The molecule has 0 radical (unpaired) electrons. The first-order chi connectivity index (χ1) is 10.3. The SMILES string of the molecule is Cl.O=C(C1CCCCC1)N1CCN(C(=O)C2CCNC2)CC1. The Bertz CT molecular complexity index is 385. The van der Waals surface area contributed by atoms with Gasteiger partial charge in [-0.1, -0.05) is 19.3 Å². The van der Waals surface area contributed by atoms with Crippen LogP contribution in [0.5, 0.6) is 0 Å². The number of hydrogen-bond acceptors (Lipinski definition) is 3. The molecule has 0 aromatic carbocycles. The second-order valence-corrected chi connectivity index (χ2v) is 6.68. The van der Waals surface area contributed by atoms with Crippen molar-refractivity contribution in [1.29, 1.82) is 0 Å². The summed E-state index contributed by atoms with van der Waals surface area (Å²) in [6, 6.07) is 0. The first-order valence-electron chi connectivity index (χ1n) is 8.54. The average molecular weight is 330 g/mol. The first-order valence-corrected chi connectivity index (χ1v) is 8.54. The van der Waals surface area contributed by atoms with Crippen molar-refractivity contribution in [3.63, 3.8) is 0 Å². The van der Waals surface area contributed by atoms with E-state index >= 15 is 0 Å². The molecule has 1 saturated carbocycles. The summed E-state index contributed by atoms with van der Waals surface area (Å²) in [5, 5.41) is 3.25. The number of carbonyl (C=O) groups is 2. The van der Waals surface area contributed by atoms with E-state index in [-0.39, 0.29) is 30.2 Å². The minimum atomic E-state index is 0. The van der Waals surface area contributed by atoms with Crippen LogP contribution in [0.4, 0.5) is 0 Å². The largest absolute Gasteiger partial charge is 0.339 e. The van der Waals surface area contributed by atoms with Gasteiger partial charge in [0.15, 0.2) is 0 Å². The number of rotatable bonds is 2. The van der Waals surface area contributed by atoms with Crippen LogP contribution in [0.2, 0.25) is 0 Å². The highest BCUT2D eigenvalue weighted by Crippen LogP contribution is 2.26. The van der Waals surface area contributed by atoms with E-state index in [1.807, 2.05) is 9.80 Å². The highest BCUT2D eigenvalue weighted by molar-refractivity contribution is 5.85. The van der Waals surface area contributed by atoms with Gasteiger partial charge in [0.25, 0.3) is 0 Å². The van der Waals surface area contributed by atoms with E-state index < -0.39 is 0 Å². The lowest BCUT2D eigenvalue weighted by Crippen LogP contribution is -2.53. The fraction of sp³-hybridized carbons (Fsp3) is 0.875. The topological polar surface area (TPSA) is 52.7 Å². The number of amides is 2. The van der Waals surface area contributed by atoms with Crippen LogP contribution >= 0.6 is 12.4 Å². The van der Waals surface area contributed by atoms with Crippen LogP contribution in [0, 0.1) is 11.8 Å². The summed E-state index contributed by atoms with van der Waals surface area (Å²) in [6.45, 7) is 4.65. The number of carbonyl (C=O) groups excluding carboxylic acids is 2. The molecular formula is C16H28ClN3O2. The van der Waals surface area contributed by atoms with Crippen molar-refractivity contribution in [3.05, 3.63) is 0 Å². The Kier molecular flexibility index (Phi) is 6.50. The number of piperazine rings is 1. The molecule has 3 aliphatic rings. The number of nitrogens with one attached hydrogen (secondary N) is 1. The zero-order valence-corrected chi connectivity index (χ0v) is 14.1. The van der Waals surface area contributed by atoms with Crippen LogP contribution in [0.25, 0.3) is 0 Å². The molecule has 22 heavy (non-hydrogen) atoms. The predicted molar refractivity (Wildman–Crippen MR) is 88.0 cm³/mol. The molecule has 1 atom stereocenters. The molecule has 2 heterocycles. The Morgan fingerprint density at radius 1 is 0.773 bits per heavy atom. The third-order valence-corrected chi connectivity index (χ3v) is 5.27. The molecule has 0 bridgehead atoms. The quantitative estimate of drug-likeness (QED) is 0.830. The lowest BCUT2D eigenvalue weighted by atomic mass is 9.88. The smallest absolute Gasteiger partial charge is 0.227 e. The maximum absolute atomic E-state index is 12.5. The van der Waals surface area contributed by atoms with Crippen molar-refractivity contribution in [2.45, 2.75) is 38.5 Å². The van der Waals surface area contributed by atoms with Crippen molar-refractivity contribution >= 4 is 24.2 Å². The van der Waals surface area contributed by atoms with Crippen molar-refractivity contribution in [2.75, 3.05) is 39.3 Å². The lowest BCUT2D eigenvalue weighted by molar-refractivity contribution is -0.144. The van der Waals surface area contributed by atoms with Crippen molar-refractivity contribution in [1.82, 2.24) is 15.1 Å². The molecule has 1 aliphatic carbocycles. The van der Waals surface area contributed by atoms with Gasteiger partial charge >= 0.3 is 0 Å². The zero-order valence-electron chi connectivity index (χ0n) is 13.3. The van der Waals surface area contributed by atoms with Gasteiger partial charge in [-0.05, 0) is 25.8 Å². The Balaban J connectivity index is 0.00000176. The Labute approximate surface area is 139 Å². The maximum atomic E-state index is 12.5. The van der Waals surface area contributed by atoms with E-state index in [0.29, 0.717) is 19.0 Å². The fourth-order valence-electron chi connectivity index (χ4n) is 3.88. The van der Waals surface area contributed by atoms with E-state index in [0.717, 1.165) is 45.4 Å². The summed E-state index contributed by atoms with van der Waals surface area (Å²) in [7, 11) is 0. The molecule has 0 aromatic rings. The fourth-order valence-corrected chi connectivity index (χ4v) is 3.88. The highest BCUT2D eigenvalue weighted by Gasteiger charge is 2.32. The maximum Gasteiger partial charge on any atom is 0.227 e. The van der Waals surface area contributed by atoms with E-state index in [9.17, 15) is 9.59 Å². The van der Waals surface area contributed by atoms with E-state index in [1.165, 1.54) is 19.3 Å². The third kappa shape index (κ3) is 3.93. The number of hydrogen-bond donors (Lipinski definition) is 1. The highest BCUT2D eigenvalue weighted by atomic mass is 35.5. The standard InChI is InChI=1S/C16H27N3O2.ClH/c20-15(13-4-2-1-3-5-13)18-8-10-19(11-9-18)16(21)14-6-7-17-12-14;/h13-14,17H,1-12H2;1H. The van der Waals surface area contributed by atoms with Gasteiger partial charge in [0.05, 0.1) is 5.92 Å². The summed E-state index contributed by atoms with van der Waals surface area (Å²) >= 11 is 0. The van der Waals surface area contributed by atoms with Crippen molar-refractivity contribution in [3.8, 4) is 0 Å². The van der Waals surface area contributed by atoms with Gasteiger partial charge in [-0.3, -0.25) is 9.59 Å². The molecule has 2 aliphatic heterocycles. The number of halogens is 1. The van der Waals surface area contributed by atoms with Gasteiger partial charge in [-0.15, -0.1) is 12.4 Å². The Morgan fingerprint density at radius 3 is 1.82 bits per heavy atom. The monoisotopic (exact) mass is 329 g/mol. The minimum absolute atomic E-state index is 0. The van der Waals surface area contributed by atoms with E-state index in [2.05, 4.69) is 5.32 Å². The third-order valence-electron chi connectivity index (χ3n) is 5.27. The van der Waals surface area contributed by atoms with Gasteiger partial charge < -0.3 is 15.1 Å². The number of nitrogens with zero attached hydrogens (tertiary/aromatic N) is 2. The molecule has 2 saturated heterocycles. The summed E-state index contributed by atoms with van der Waals surface area (Å²) in [5.74, 6) is 1.03. The summed E-state index contributed by atoms with van der Waals surface area (Å²) in [4.78, 5) is 28.8. The van der Waals surface area contributed by atoms with Crippen molar-refractivity contribution in [2.24, 2.45) is 11.8 Å². The Hall–Kier alpha value is -0.810. The van der Waals surface area contributed by atoms with Crippen molar-refractivity contribution < 1.29 is 9.59 Å². The normalized spacial score (nSPS) is 26.6. The summed E-state index contributed by atoms with van der Waals surface area (Å²) < 4.78 is 0. The van der Waals surface area contributed by atoms with Crippen LogP contribution in [-0.4, -0.2) is 60.9 Å². The van der Waals surface area contributed by atoms with Crippen LogP contribution < -0.4 is 5.32 Å². The van der Waals surface area contributed by atoms with E-state index in [4.69, 9.17) is 0 Å². The van der Waals surface area contributed by atoms with Crippen LogP contribution in [0.3, 0.4) is 0 Å². The lowest BCUT2D eigenvalue weighted by Gasteiger charge is -2.38. The average Bonchev–Trinajstić information content (AvgIpc) is 3.09. The second kappa shape index (κ2) is 8.16. The second-order valence-electron chi connectivity index (χ2n) is 6.68. The first kappa shape index (κ1) is 17.5. The molecule has 1 N–H and O–H groups in total. The van der Waals surface area contributed by atoms with E-state index in [1.54, 1.807) is 0 Å². The molecule has 3 rings (SSSR count). The zero-order chi connectivity index (χ0) is 14.7. The van der Waals surface area contributed by atoms with Gasteiger partial charge in [0.2, 0.25) is 11.8 Å². The summed E-state index contributed by atoms with van der Waals surface area (Å²) in [5.41, 5.74) is 0. The molecular weight excluding hydrogens is 302 g/mol. The van der Waals surface area contributed by atoms with Gasteiger partial charge in [0.1, 0.15) is 0 Å². The molecule has 6 heteroatoms. The summed E-state index contributed by atoms with van der Waals surface area (Å²) in [6.07, 6.45) is 6.76. The van der Waals surface area contributed by atoms with Gasteiger partial charge in [-0.2, -0.15) is 0 Å². The van der Waals surface area contributed by atoms with Gasteiger partial charge in [-0.25, -0.2) is 0 Å². The molecule has 1 unspecified atom stereocenters. The van der Waals surface area contributed by atoms with Crippen LogP contribution in [0.1, 0.15) is 38.5 Å². The molecule has 2 amide bonds. The molecule has 0 spiro atoms. The molecule has 0 aromatic heterocycles. The van der Waals surface area contributed by atoms with Crippen LogP contribution in [0.15, 0.2) is 0 Å². The minimum Gasteiger partial charge on any atom is -0.339 e. The molecule has 5 nitrogen and oxygen atoms in total.